The Morgan fingerprint density at radius 3 is 2.05 bits per heavy atom. The van der Waals surface area contributed by atoms with Crippen molar-refractivity contribution in [2.75, 3.05) is 14.1 Å². The van der Waals surface area contributed by atoms with Gasteiger partial charge in [0.1, 0.15) is 19.7 Å². The second kappa shape index (κ2) is 5.16. The molecule has 1 aromatic heterocycles. The first kappa shape index (κ1) is 15.4. The predicted molar refractivity (Wildman–Crippen MR) is 72.1 cm³/mol. The van der Waals surface area contributed by atoms with E-state index in [0.717, 1.165) is 9.33 Å². The molecule has 0 unspecified atom stereocenters. The van der Waals surface area contributed by atoms with Crippen molar-refractivity contribution in [2.45, 2.75) is 26.4 Å². The lowest BCUT2D eigenvalue weighted by Crippen LogP contribution is -2.32. The van der Waals surface area contributed by atoms with Crippen LogP contribution in [0, 0.1) is 0 Å². The van der Waals surface area contributed by atoms with E-state index in [1.165, 1.54) is 12.4 Å². The molecule has 1 heterocycles. The van der Waals surface area contributed by atoms with E-state index in [9.17, 15) is 13.2 Å². The number of aromatic nitrogens is 1. The van der Waals surface area contributed by atoms with Crippen LogP contribution in [0.2, 0.25) is 0 Å². The number of carbonyl (C=O) groups excluding carboxylic acids is 1. The number of rotatable bonds is 1. The van der Waals surface area contributed by atoms with Crippen LogP contribution < -0.4 is 9.93 Å². The van der Waals surface area contributed by atoms with Crippen molar-refractivity contribution in [3.8, 4) is 0 Å². The Kier molecular flexibility index (Phi) is 4.19. The van der Waals surface area contributed by atoms with E-state index in [1.807, 2.05) is 18.7 Å². The van der Waals surface area contributed by atoms with E-state index in [0.29, 0.717) is 0 Å². The van der Waals surface area contributed by atoms with Gasteiger partial charge in [0.25, 0.3) is 0 Å². The van der Waals surface area contributed by atoms with Gasteiger partial charge in [0.2, 0.25) is 5.36 Å². The summed E-state index contributed by atoms with van der Waals surface area (Å²) in [5.41, 5.74) is -0.853. The van der Waals surface area contributed by atoms with Crippen molar-refractivity contribution < 1.29 is 17.9 Å². The van der Waals surface area contributed by atoms with E-state index in [4.69, 9.17) is 4.74 Å². The van der Waals surface area contributed by atoms with Gasteiger partial charge in [-0.25, -0.2) is 13.3 Å². The van der Waals surface area contributed by atoms with Crippen LogP contribution in [0.25, 0.3) is 0 Å². The highest BCUT2D eigenvalue weighted by Gasteiger charge is 2.29. The van der Waals surface area contributed by atoms with Crippen molar-refractivity contribution in [3.05, 3.63) is 29.9 Å². The third-order valence-electron chi connectivity index (χ3n) is 2.18. The summed E-state index contributed by atoms with van der Waals surface area (Å²) in [6.45, 7) is 4.83. The Morgan fingerprint density at radius 1 is 1.21 bits per heavy atom. The normalized spacial score (nSPS) is 12.1. The standard InChI is InChI=1S/C12H19N2O4S/c1-12(2,3)18-11(15)19(16,17)14-8-6-10(7-9-14)13(4)5/h6-9H,1-5H3/q+1. The quantitative estimate of drug-likeness (QED) is 0.561. The summed E-state index contributed by atoms with van der Waals surface area (Å²) in [4.78, 5) is 11.7. The highest BCUT2D eigenvalue weighted by Crippen LogP contribution is 2.11. The molecule has 0 saturated carbocycles. The number of hydrogen-bond acceptors (Lipinski definition) is 4. The Hall–Kier alpha value is -1.63. The molecular formula is C12H19N2O4S+. The average molecular weight is 287 g/mol. The Labute approximate surface area is 113 Å². The first-order chi connectivity index (χ1) is 8.54. The predicted octanol–water partition coefficient (Wildman–Crippen LogP) is 0.633. The van der Waals surface area contributed by atoms with Gasteiger partial charge in [0.15, 0.2) is 0 Å². The molecular weight excluding hydrogens is 268 g/mol. The van der Waals surface area contributed by atoms with Gasteiger partial charge in [0.05, 0.1) is 0 Å². The first-order valence-electron chi connectivity index (χ1n) is 5.71. The molecule has 0 bridgehead atoms. The number of carbonyl (C=O) groups is 1. The van der Waals surface area contributed by atoms with Crippen LogP contribution in [0.5, 0.6) is 0 Å². The summed E-state index contributed by atoms with van der Waals surface area (Å²) in [7, 11) is -0.507. The highest BCUT2D eigenvalue weighted by molar-refractivity contribution is 8.04. The summed E-state index contributed by atoms with van der Waals surface area (Å²) in [5.74, 6) is 0. The van der Waals surface area contributed by atoms with Gasteiger partial charge in [0, 0.05) is 24.5 Å². The molecule has 0 aliphatic heterocycles. The lowest BCUT2D eigenvalue weighted by Gasteiger charge is -2.19. The van der Waals surface area contributed by atoms with Crippen LogP contribution in [0.4, 0.5) is 4.79 Å². The summed E-state index contributed by atoms with van der Waals surface area (Å²) in [6, 6.07) is 3.20. The number of pyridine rings is 1. The summed E-state index contributed by atoms with van der Waals surface area (Å²) < 4.78 is 31.5. The molecule has 106 valence electrons. The van der Waals surface area contributed by atoms with Crippen LogP contribution in [0.15, 0.2) is 24.5 Å². The monoisotopic (exact) mass is 287 g/mol. The average Bonchev–Trinajstić information content (AvgIpc) is 2.26. The molecule has 0 aromatic carbocycles. The van der Waals surface area contributed by atoms with E-state index in [1.54, 1.807) is 32.9 Å². The van der Waals surface area contributed by atoms with Crippen LogP contribution in [0.1, 0.15) is 20.8 Å². The van der Waals surface area contributed by atoms with Gasteiger partial charge < -0.3 is 4.74 Å². The highest BCUT2D eigenvalue weighted by atomic mass is 32.2. The minimum atomic E-state index is -4.18. The van der Waals surface area contributed by atoms with Crippen molar-refractivity contribution >= 4 is 15.3 Å². The molecule has 0 spiro atoms. The number of hydrogen-bond donors (Lipinski definition) is 0. The van der Waals surface area contributed by atoms with Crippen LogP contribution in [0.3, 0.4) is 0 Å². The molecule has 6 nitrogen and oxygen atoms in total. The Balaban J connectivity index is 3.15. The van der Waals surface area contributed by atoms with E-state index in [2.05, 4.69) is 0 Å². The van der Waals surface area contributed by atoms with Crippen LogP contribution in [-0.2, 0) is 14.8 Å². The largest absolute Gasteiger partial charge is 0.447 e. The minimum Gasteiger partial charge on any atom is -0.447 e. The fourth-order valence-corrected chi connectivity index (χ4v) is 2.22. The fourth-order valence-electron chi connectivity index (χ4n) is 1.25. The first-order valence-corrected chi connectivity index (χ1v) is 7.15. The molecule has 0 saturated heterocycles. The van der Waals surface area contributed by atoms with Gasteiger partial charge in [-0.05, 0) is 20.8 Å². The van der Waals surface area contributed by atoms with Gasteiger partial charge >= 0.3 is 15.3 Å². The summed E-state index contributed by atoms with van der Waals surface area (Å²) >= 11 is 0. The molecule has 0 fully saturated rings. The Morgan fingerprint density at radius 2 is 1.68 bits per heavy atom. The van der Waals surface area contributed by atoms with Gasteiger partial charge in [-0.1, -0.05) is 0 Å². The number of nitrogens with zero attached hydrogens (tertiary/aromatic N) is 2. The van der Waals surface area contributed by atoms with E-state index < -0.39 is 20.9 Å². The summed E-state index contributed by atoms with van der Waals surface area (Å²) in [6.07, 6.45) is 2.63. The van der Waals surface area contributed by atoms with Crippen molar-refractivity contribution in [3.63, 3.8) is 0 Å². The lowest BCUT2D eigenvalue weighted by atomic mass is 10.2. The molecule has 0 aliphatic carbocycles. The third kappa shape index (κ3) is 3.92. The molecule has 19 heavy (non-hydrogen) atoms. The Bertz CT molecular complexity index is 627. The maximum absolute atomic E-state index is 12.0. The summed E-state index contributed by atoms with van der Waals surface area (Å²) in [5, 5.41) is -0.432. The topological polar surface area (TPSA) is 68.4 Å². The third-order valence-corrected chi connectivity index (χ3v) is 3.48. The zero-order valence-electron chi connectivity index (χ0n) is 11.7. The molecule has 7 heteroatoms. The number of ether oxygens (including phenoxy) is 1. The maximum Gasteiger partial charge on any atom is 0.446 e. The van der Waals surface area contributed by atoms with Crippen molar-refractivity contribution in [1.82, 2.24) is 8.55 Å². The smallest absolute Gasteiger partial charge is 0.446 e. The van der Waals surface area contributed by atoms with Gasteiger partial charge in [-0.15, -0.1) is 0 Å². The van der Waals surface area contributed by atoms with Crippen molar-refractivity contribution in [1.29, 1.82) is 0 Å². The molecule has 0 radical (unpaired) electrons. The van der Waals surface area contributed by atoms with Crippen LogP contribution >= 0.6 is 0 Å². The fraction of sp³-hybridized carbons (Fsp3) is 0.500. The maximum atomic E-state index is 12.0. The zero-order valence-corrected chi connectivity index (χ0v) is 12.6. The molecule has 0 atom stereocenters. The van der Waals surface area contributed by atoms with E-state index >= 15 is 0 Å². The second-order valence-corrected chi connectivity index (χ2v) is 6.96. The van der Waals surface area contributed by atoms with Crippen molar-refractivity contribution in [2.24, 2.45) is 0 Å². The van der Waals surface area contributed by atoms with Crippen LogP contribution in [-0.4, -0.2) is 37.4 Å². The SMILES string of the molecule is C[N+](C)=c1ccn(S(=O)(=O)C(=O)OC(C)(C)C)cc1. The van der Waals surface area contributed by atoms with E-state index in [-0.39, 0.29) is 0 Å². The lowest BCUT2D eigenvalue weighted by molar-refractivity contribution is 0.0716. The molecule has 0 N–H and O–H groups in total. The van der Waals surface area contributed by atoms with Gasteiger partial charge in [-0.3, -0.25) is 0 Å². The molecule has 0 aliphatic rings. The molecule has 0 amide bonds. The molecule has 1 rings (SSSR count). The zero-order chi connectivity index (χ0) is 14.8. The molecule has 1 aromatic rings. The minimum absolute atomic E-state index is 0.829. The van der Waals surface area contributed by atoms with Gasteiger partial charge in [-0.2, -0.15) is 8.42 Å². The second-order valence-electron chi connectivity index (χ2n) is 5.25.